The summed E-state index contributed by atoms with van der Waals surface area (Å²) in [5, 5.41) is 6.54. The molecule has 0 bridgehead atoms. The number of rotatable bonds is 4. The van der Waals surface area contributed by atoms with E-state index in [1.165, 1.54) is 0 Å². The van der Waals surface area contributed by atoms with Crippen LogP contribution in [0.1, 0.15) is 44.0 Å². The van der Waals surface area contributed by atoms with Gasteiger partial charge in [-0.15, -0.1) is 0 Å². The lowest BCUT2D eigenvalue weighted by molar-refractivity contribution is -0.119. The van der Waals surface area contributed by atoms with Crippen molar-refractivity contribution < 1.29 is 4.79 Å². The molecule has 2 fully saturated rings. The Hall–Kier alpha value is -2.31. The number of amides is 1. The minimum atomic E-state index is 0.137. The summed E-state index contributed by atoms with van der Waals surface area (Å²) in [7, 11) is 0. The van der Waals surface area contributed by atoms with Crippen LogP contribution in [-0.4, -0.2) is 45.9 Å². The number of aromatic nitrogens is 2. The summed E-state index contributed by atoms with van der Waals surface area (Å²) in [6.45, 7) is 8.34. The second kappa shape index (κ2) is 7.37. The number of nitrogens with zero attached hydrogens (tertiary/aromatic N) is 3. The largest absolute Gasteiger partial charge is 0.349 e. The zero-order chi connectivity index (χ0) is 18.9. The molecule has 2 aromatic rings. The Balaban J connectivity index is 1.40. The van der Waals surface area contributed by atoms with E-state index in [9.17, 15) is 4.79 Å². The Bertz CT molecular complexity index is 800. The predicted molar refractivity (Wildman–Crippen MR) is 105 cm³/mol. The summed E-state index contributed by atoms with van der Waals surface area (Å²) in [4.78, 5) is 23.1. The predicted octanol–water partition coefficient (Wildman–Crippen LogP) is 2.28. The average molecular weight is 365 g/mol. The normalized spacial score (nSPS) is 22.6. The molecule has 0 saturated carbocycles. The van der Waals surface area contributed by atoms with Gasteiger partial charge in [0.25, 0.3) is 0 Å². The van der Waals surface area contributed by atoms with E-state index in [1.807, 2.05) is 12.4 Å². The van der Waals surface area contributed by atoms with Crippen molar-refractivity contribution in [1.29, 1.82) is 0 Å². The average Bonchev–Trinajstić information content (AvgIpc) is 3.08. The first-order valence-corrected chi connectivity index (χ1v) is 9.66. The van der Waals surface area contributed by atoms with Crippen LogP contribution >= 0.6 is 0 Å². The fraction of sp³-hybridized carbons (Fsp3) is 0.476. The molecule has 1 aromatic carbocycles. The van der Waals surface area contributed by atoms with E-state index >= 15 is 0 Å². The molecule has 2 aliphatic heterocycles. The molecule has 0 aliphatic carbocycles. The zero-order valence-corrected chi connectivity index (χ0v) is 16.0. The summed E-state index contributed by atoms with van der Waals surface area (Å²) in [5.74, 6) is 0.137. The van der Waals surface area contributed by atoms with Gasteiger partial charge in [-0.25, -0.2) is 0 Å². The minimum absolute atomic E-state index is 0.137. The van der Waals surface area contributed by atoms with Gasteiger partial charge in [-0.05, 0) is 25.8 Å². The van der Waals surface area contributed by atoms with E-state index in [2.05, 4.69) is 63.6 Å². The lowest BCUT2D eigenvalue weighted by Gasteiger charge is -2.38. The number of carbonyl (C=O) groups excluding carboxylic acids is 1. The van der Waals surface area contributed by atoms with Crippen LogP contribution in [0.3, 0.4) is 0 Å². The molecule has 0 spiro atoms. The first-order chi connectivity index (χ1) is 13.0. The lowest BCUT2D eigenvalue weighted by Crippen LogP contribution is -2.56. The van der Waals surface area contributed by atoms with Crippen LogP contribution in [0.25, 0.3) is 11.3 Å². The van der Waals surface area contributed by atoms with Crippen molar-refractivity contribution >= 4 is 5.91 Å². The van der Waals surface area contributed by atoms with Gasteiger partial charge in [0.15, 0.2) is 0 Å². The van der Waals surface area contributed by atoms with Crippen LogP contribution in [0.4, 0.5) is 0 Å². The first kappa shape index (κ1) is 18.1. The van der Waals surface area contributed by atoms with E-state index < -0.39 is 0 Å². The van der Waals surface area contributed by atoms with E-state index in [4.69, 9.17) is 0 Å². The SMILES string of the molecule is CC1(C)CN(Cc2cnc(-c3ccc(C4CCC(=O)N4)cc3)cn2)CCN1. The highest BCUT2D eigenvalue weighted by atomic mass is 16.1. The fourth-order valence-corrected chi connectivity index (χ4v) is 3.95. The number of hydrogen-bond acceptors (Lipinski definition) is 5. The third-order valence-corrected chi connectivity index (χ3v) is 5.35. The molecular formula is C21H27N5O. The number of hydrogen-bond donors (Lipinski definition) is 2. The van der Waals surface area contributed by atoms with Crippen LogP contribution in [-0.2, 0) is 11.3 Å². The summed E-state index contributed by atoms with van der Waals surface area (Å²) < 4.78 is 0. The molecule has 1 atom stereocenters. The van der Waals surface area contributed by atoms with Crippen molar-refractivity contribution in [1.82, 2.24) is 25.5 Å². The molecule has 2 aliphatic rings. The zero-order valence-electron chi connectivity index (χ0n) is 16.0. The fourth-order valence-electron chi connectivity index (χ4n) is 3.95. The maximum Gasteiger partial charge on any atom is 0.220 e. The Morgan fingerprint density at radius 1 is 1.19 bits per heavy atom. The topological polar surface area (TPSA) is 70.2 Å². The molecule has 6 nitrogen and oxygen atoms in total. The van der Waals surface area contributed by atoms with Crippen LogP contribution < -0.4 is 10.6 Å². The monoisotopic (exact) mass is 365 g/mol. The molecule has 4 rings (SSSR count). The second-order valence-corrected chi connectivity index (χ2v) is 8.20. The molecule has 1 aromatic heterocycles. The molecule has 0 radical (unpaired) electrons. The van der Waals surface area contributed by atoms with Gasteiger partial charge >= 0.3 is 0 Å². The third kappa shape index (κ3) is 4.34. The van der Waals surface area contributed by atoms with Crippen LogP contribution in [0.2, 0.25) is 0 Å². The first-order valence-electron chi connectivity index (χ1n) is 9.66. The molecule has 1 unspecified atom stereocenters. The van der Waals surface area contributed by atoms with Gasteiger partial charge in [-0.2, -0.15) is 0 Å². The maximum atomic E-state index is 11.4. The molecular weight excluding hydrogens is 338 g/mol. The van der Waals surface area contributed by atoms with E-state index in [1.54, 1.807) is 0 Å². The molecule has 2 N–H and O–H groups in total. The van der Waals surface area contributed by atoms with E-state index in [0.717, 1.165) is 55.1 Å². The highest BCUT2D eigenvalue weighted by Crippen LogP contribution is 2.26. The number of benzene rings is 1. The van der Waals surface area contributed by atoms with Crippen molar-refractivity contribution in [2.75, 3.05) is 19.6 Å². The van der Waals surface area contributed by atoms with Crippen molar-refractivity contribution in [3.63, 3.8) is 0 Å². The standard InChI is InChI=1S/C21H27N5O/c1-21(2)14-26(10-9-24-21)13-17-11-23-19(12-22-17)16-5-3-15(4-6-16)18-7-8-20(27)25-18/h3-6,11-12,18,24H,7-10,13-14H2,1-2H3,(H,25,27). The van der Waals surface area contributed by atoms with Gasteiger partial charge in [-0.3, -0.25) is 19.7 Å². The van der Waals surface area contributed by atoms with Gasteiger partial charge < -0.3 is 10.6 Å². The van der Waals surface area contributed by atoms with Gasteiger partial charge in [0.2, 0.25) is 5.91 Å². The third-order valence-electron chi connectivity index (χ3n) is 5.35. The highest BCUT2D eigenvalue weighted by molar-refractivity contribution is 5.78. The summed E-state index contributed by atoms with van der Waals surface area (Å²) >= 11 is 0. The minimum Gasteiger partial charge on any atom is -0.349 e. The number of carbonyl (C=O) groups is 1. The molecule has 3 heterocycles. The van der Waals surface area contributed by atoms with Crippen LogP contribution in [0.5, 0.6) is 0 Å². The van der Waals surface area contributed by atoms with Crippen LogP contribution in [0.15, 0.2) is 36.7 Å². The van der Waals surface area contributed by atoms with Crippen molar-refractivity contribution in [3.8, 4) is 11.3 Å². The van der Waals surface area contributed by atoms with Crippen molar-refractivity contribution in [2.24, 2.45) is 0 Å². The highest BCUT2D eigenvalue weighted by Gasteiger charge is 2.26. The van der Waals surface area contributed by atoms with Gasteiger partial charge in [0.05, 0.1) is 29.8 Å². The molecule has 6 heteroatoms. The van der Waals surface area contributed by atoms with Gasteiger partial charge in [0, 0.05) is 43.7 Å². The quantitative estimate of drug-likeness (QED) is 0.870. The van der Waals surface area contributed by atoms with Gasteiger partial charge in [-0.1, -0.05) is 24.3 Å². The maximum absolute atomic E-state index is 11.4. The van der Waals surface area contributed by atoms with E-state index in [0.29, 0.717) is 6.42 Å². The Morgan fingerprint density at radius 3 is 2.63 bits per heavy atom. The van der Waals surface area contributed by atoms with Crippen molar-refractivity contribution in [3.05, 3.63) is 47.9 Å². The Labute approximate surface area is 160 Å². The number of piperazine rings is 1. The van der Waals surface area contributed by atoms with E-state index in [-0.39, 0.29) is 17.5 Å². The molecule has 27 heavy (non-hydrogen) atoms. The molecule has 2 saturated heterocycles. The smallest absolute Gasteiger partial charge is 0.220 e. The number of nitrogens with one attached hydrogen (secondary N) is 2. The Kier molecular flexibility index (Phi) is 4.93. The lowest BCUT2D eigenvalue weighted by atomic mass is 10.0. The Morgan fingerprint density at radius 2 is 2.00 bits per heavy atom. The van der Waals surface area contributed by atoms with Crippen LogP contribution in [0, 0.1) is 0 Å². The summed E-state index contributed by atoms with van der Waals surface area (Å²) in [6.07, 6.45) is 5.23. The molecule has 142 valence electrons. The summed E-state index contributed by atoms with van der Waals surface area (Å²) in [6, 6.07) is 8.40. The second-order valence-electron chi connectivity index (χ2n) is 8.20. The summed E-state index contributed by atoms with van der Waals surface area (Å²) in [5.41, 5.74) is 4.22. The molecule has 1 amide bonds. The van der Waals surface area contributed by atoms with Gasteiger partial charge in [0.1, 0.15) is 0 Å². The van der Waals surface area contributed by atoms with Crippen molar-refractivity contribution in [2.45, 2.75) is 44.8 Å².